The summed E-state index contributed by atoms with van der Waals surface area (Å²) in [4.78, 5) is 25.2. The van der Waals surface area contributed by atoms with Crippen LogP contribution in [-0.2, 0) is 14.3 Å². The Balaban J connectivity index is 1.50. The van der Waals surface area contributed by atoms with Gasteiger partial charge < -0.3 is 20.5 Å². The third-order valence-corrected chi connectivity index (χ3v) is 6.36. The van der Waals surface area contributed by atoms with Crippen LogP contribution < -0.4 is 15.8 Å². The number of nitrogens with two attached hydrogens (primary N) is 1. The molecule has 180 valence electrons. The van der Waals surface area contributed by atoms with E-state index in [1.807, 2.05) is 13.8 Å². The highest BCUT2D eigenvalue weighted by Gasteiger charge is 2.42. The van der Waals surface area contributed by atoms with Crippen LogP contribution in [0.15, 0.2) is 69.7 Å². The van der Waals surface area contributed by atoms with Gasteiger partial charge in [-0.3, -0.25) is 9.59 Å². The van der Waals surface area contributed by atoms with Gasteiger partial charge in [-0.2, -0.15) is 5.26 Å². The molecule has 0 radical (unpaired) electrons. The van der Waals surface area contributed by atoms with Crippen LogP contribution >= 0.6 is 15.9 Å². The van der Waals surface area contributed by atoms with E-state index in [0.29, 0.717) is 40.0 Å². The van der Waals surface area contributed by atoms with Gasteiger partial charge in [0.1, 0.15) is 29.0 Å². The molecule has 35 heavy (non-hydrogen) atoms. The van der Waals surface area contributed by atoms with Gasteiger partial charge in [0, 0.05) is 22.9 Å². The topological polar surface area (TPSA) is 114 Å². The van der Waals surface area contributed by atoms with E-state index >= 15 is 0 Å². The minimum atomic E-state index is -0.634. The first-order chi connectivity index (χ1) is 16.6. The highest BCUT2D eigenvalue weighted by molar-refractivity contribution is 9.10. The molecule has 1 aliphatic heterocycles. The summed E-state index contributed by atoms with van der Waals surface area (Å²) in [6.45, 7) is 3.64. The van der Waals surface area contributed by atoms with Crippen LogP contribution in [0.1, 0.15) is 38.2 Å². The van der Waals surface area contributed by atoms with Crippen LogP contribution in [0.3, 0.4) is 0 Å². The lowest BCUT2D eigenvalue weighted by atomic mass is 9.70. The number of nitrogens with zero attached hydrogens (tertiary/aromatic N) is 1. The Morgan fingerprint density at radius 2 is 2.00 bits per heavy atom. The number of rotatable bonds is 5. The normalized spacial score (nSPS) is 18.9. The minimum Gasteiger partial charge on any atom is -0.484 e. The number of nitrogens with one attached hydrogen (secondary N) is 1. The number of ketones is 1. The second-order valence-corrected chi connectivity index (χ2v) is 10.1. The maximum absolute atomic E-state index is 13.9. The number of halogens is 2. The monoisotopic (exact) mass is 539 g/mol. The van der Waals surface area contributed by atoms with Gasteiger partial charge >= 0.3 is 0 Å². The lowest BCUT2D eigenvalue weighted by Gasteiger charge is -2.37. The summed E-state index contributed by atoms with van der Waals surface area (Å²) < 4.78 is 25.7. The number of carbonyl (C=O) groups excluding carboxylic acids is 2. The number of hydrogen-bond acceptors (Lipinski definition) is 6. The molecule has 0 bridgehead atoms. The average molecular weight is 540 g/mol. The van der Waals surface area contributed by atoms with Gasteiger partial charge in [-0.25, -0.2) is 4.39 Å². The second kappa shape index (κ2) is 9.55. The Bertz CT molecular complexity index is 1310. The van der Waals surface area contributed by atoms with Crippen LogP contribution in [0.25, 0.3) is 0 Å². The summed E-state index contributed by atoms with van der Waals surface area (Å²) in [6, 6.07) is 13.1. The van der Waals surface area contributed by atoms with E-state index in [9.17, 15) is 19.2 Å². The fourth-order valence-corrected chi connectivity index (χ4v) is 4.63. The average Bonchev–Trinajstić information content (AvgIpc) is 2.78. The van der Waals surface area contributed by atoms with E-state index in [1.165, 1.54) is 12.1 Å². The molecule has 2 aliphatic rings. The Labute approximate surface area is 210 Å². The molecule has 0 saturated carbocycles. The Morgan fingerprint density at radius 1 is 1.29 bits per heavy atom. The van der Waals surface area contributed by atoms with Gasteiger partial charge in [-0.1, -0.05) is 41.9 Å². The first-order valence-corrected chi connectivity index (χ1v) is 11.7. The zero-order chi connectivity index (χ0) is 25.3. The molecule has 4 rings (SSSR count). The number of ether oxygens (including phenoxy) is 2. The van der Waals surface area contributed by atoms with Crippen molar-refractivity contribution in [3.8, 4) is 11.8 Å². The summed E-state index contributed by atoms with van der Waals surface area (Å²) >= 11 is 3.16. The van der Waals surface area contributed by atoms with Crippen molar-refractivity contribution in [2.75, 3.05) is 11.9 Å². The third-order valence-electron chi connectivity index (χ3n) is 5.86. The number of benzene rings is 2. The second-order valence-electron chi connectivity index (χ2n) is 9.23. The fraction of sp³-hybridized carbons (Fsp3) is 0.269. The predicted molar refractivity (Wildman–Crippen MR) is 130 cm³/mol. The van der Waals surface area contributed by atoms with Crippen molar-refractivity contribution in [2.45, 2.75) is 32.6 Å². The van der Waals surface area contributed by atoms with Crippen molar-refractivity contribution in [3.63, 3.8) is 0 Å². The van der Waals surface area contributed by atoms with Crippen LogP contribution in [0.5, 0.6) is 5.75 Å². The van der Waals surface area contributed by atoms with Crippen molar-refractivity contribution >= 4 is 33.3 Å². The van der Waals surface area contributed by atoms with Crippen LogP contribution in [0, 0.1) is 22.6 Å². The van der Waals surface area contributed by atoms with Crippen molar-refractivity contribution in [1.29, 1.82) is 5.26 Å². The van der Waals surface area contributed by atoms with Gasteiger partial charge in [0.2, 0.25) is 5.88 Å². The Hall–Kier alpha value is -3.64. The third kappa shape index (κ3) is 5.23. The lowest BCUT2D eigenvalue weighted by molar-refractivity contribution is -0.119. The number of Topliss-reactive ketones (excluding diaryl/α,β-unsaturated/α-hetero) is 1. The maximum Gasteiger partial charge on any atom is 0.262 e. The smallest absolute Gasteiger partial charge is 0.262 e. The lowest BCUT2D eigenvalue weighted by Crippen LogP contribution is -2.33. The van der Waals surface area contributed by atoms with E-state index in [4.69, 9.17) is 15.2 Å². The van der Waals surface area contributed by atoms with Gasteiger partial charge in [-0.15, -0.1) is 0 Å². The standard InChI is InChI=1S/C26H23BrFN3O4/c1-26(2)10-20(32)24-21(11-26)35-25(30)17(12-29)23(24)14-3-6-16(7-4-14)34-13-22(33)31-19-8-5-15(27)9-18(19)28/h3-9,23H,10-11,13,30H2,1-2H3,(H,31,33). The Morgan fingerprint density at radius 3 is 2.66 bits per heavy atom. The quantitative estimate of drug-likeness (QED) is 0.548. The number of hydrogen-bond donors (Lipinski definition) is 2. The van der Waals surface area contributed by atoms with Gasteiger partial charge in [0.15, 0.2) is 12.4 Å². The first kappa shape index (κ1) is 24.5. The Kier molecular flexibility index (Phi) is 6.68. The molecule has 1 atom stereocenters. The number of anilines is 1. The van der Waals surface area contributed by atoms with Crippen LogP contribution in [0.2, 0.25) is 0 Å². The molecule has 2 aromatic rings. The molecule has 2 aromatic carbocycles. The molecule has 1 unspecified atom stereocenters. The molecule has 7 nitrogen and oxygen atoms in total. The van der Waals surface area contributed by atoms with Crippen LogP contribution in [0.4, 0.5) is 10.1 Å². The molecular formula is C26H23BrFN3O4. The van der Waals surface area contributed by atoms with Gasteiger partial charge in [0.05, 0.1) is 11.6 Å². The molecule has 0 spiro atoms. The van der Waals surface area contributed by atoms with E-state index in [1.54, 1.807) is 30.3 Å². The molecule has 3 N–H and O–H groups in total. The zero-order valence-electron chi connectivity index (χ0n) is 19.2. The molecule has 0 aromatic heterocycles. The predicted octanol–water partition coefficient (Wildman–Crippen LogP) is 5.06. The van der Waals surface area contributed by atoms with E-state index in [-0.39, 0.29) is 34.9 Å². The molecule has 9 heteroatoms. The van der Waals surface area contributed by atoms with Gasteiger partial charge in [0.25, 0.3) is 5.91 Å². The number of allylic oxidation sites excluding steroid dienone is 3. The van der Waals surface area contributed by atoms with Crippen molar-refractivity contribution in [1.82, 2.24) is 0 Å². The summed E-state index contributed by atoms with van der Waals surface area (Å²) in [5.74, 6) is -0.892. The number of nitriles is 1. The summed E-state index contributed by atoms with van der Waals surface area (Å²) in [5.41, 5.74) is 7.15. The number of amides is 1. The van der Waals surface area contributed by atoms with Crippen molar-refractivity contribution in [3.05, 3.63) is 81.1 Å². The molecule has 1 heterocycles. The largest absolute Gasteiger partial charge is 0.484 e. The van der Waals surface area contributed by atoms with E-state index < -0.39 is 17.6 Å². The molecular weight excluding hydrogens is 517 g/mol. The highest BCUT2D eigenvalue weighted by atomic mass is 79.9. The van der Waals surface area contributed by atoms with E-state index in [2.05, 4.69) is 27.3 Å². The molecule has 1 amide bonds. The molecule has 0 saturated heterocycles. The maximum atomic E-state index is 13.9. The fourth-order valence-electron chi connectivity index (χ4n) is 4.30. The summed E-state index contributed by atoms with van der Waals surface area (Å²) in [7, 11) is 0. The summed E-state index contributed by atoms with van der Waals surface area (Å²) in [6.07, 6.45) is 0.888. The van der Waals surface area contributed by atoms with Crippen molar-refractivity contribution in [2.24, 2.45) is 11.1 Å². The van der Waals surface area contributed by atoms with Crippen molar-refractivity contribution < 1.29 is 23.5 Å². The van der Waals surface area contributed by atoms with Gasteiger partial charge in [-0.05, 0) is 41.3 Å². The van der Waals surface area contributed by atoms with Crippen LogP contribution in [-0.4, -0.2) is 18.3 Å². The molecule has 1 aliphatic carbocycles. The van der Waals surface area contributed by atoms with E-state index in [0.717, 1.165) is 0 Å². The minimum absolute atomic E-state index is 0.000999. The SMILES string of the molecule is CC1(C)CC(=O)C2=C(C1)OC(N)=C(C#N)C2c1ccc(OCC(=O)Nc2ccc(Br)cc2F)cc1. The summed E-state index contributed by atoms with van der Waals surface area (Å²) in [5, 5.41) is 12.2. The molecule has 0 fully saturated rings. The zero-order valence-corrected chi connectivity index (χ0v) is 20.7. The highest BCUT2D eigenvalue weighted by Crippen LogP contribution is 2.47. The number of carbonyl (C=O) groups is 2. The first-order valence-electron chi connectivity index (χ1n) is 10.9.